The Morgan fingerprint density at radius 1 is 0.895 bits per heavy atom. The van der Waals surface area contributed by atoms with E-state index in [1.807, 2.05) is 42.5 Å². The summed E-state index contributed by atoms with van der Waals surface area (Å²) in [6.45, 7) is 1.20. The van der Waals surface area contributed by atoms with E-state index in [-0.39, 0.29) is 0 Å². The summed E-state index contributed by atoms with van der Waals surface area (Å²) in [4.78, 5) is 12.8. The number of rotatable bonds is 3. The van der Waals surface area contributed by atoms with Crippen molar-refractivity contribution < 1.29 is 14.3 Å². The van der Waals surface area contributed by atoms with E-state index < -0.39 is 0 Å². The molecule has 0 amide bonds. The molecular formula is C15H12O3S. The van der Waals surface area contributed by atoms with Crippen LogP contribution in [0.15, 0.2) is 52.3 Å². The first-order valence-electron chi connectivity index (χ1n) is 5.98. The average molecular weight is 272 g/mol. The Hall–Kier alpha value is -1.94. The Kier molecular flexibility index (Phi) is 3.42. The van der Waals surface area contributed by atoms with Gasteiger partial charge in [-0.1, -0.05) is 23.9 Å². The molecule has 0 N–H and O–H groups in total. The van der Waals surface area contributed by atoms with Crippen LogP contribution >= 0.6 is 11.8 Å². The molecule has 2 aromatic rings. The smallest absolute Gasteiger partial charge is 0.162 e. The van der Waals surface area contributed by atoms with E-state index in [2.05, 4.69) is 0 Å². The first-order valence-corrected chi connectivity index (χ1v) is 6.79. The number of hydrogen-bond donors (Lipinski definition) is 0. The van der Waals surface area contributed by atoms with E-state index in [4.69, 9.17) is 9.47 Å². The molecule has 1 aliphatic heterocycles. The molecule has 0 radical (unpaired) electrons. The van der Waals surface area contributed by atoms with Crippen LogP contribution in [0.4, 0.5) is 0 Å². The second-order valence-corrected chi connectivity index (χ2v) is 5.24. The molecule has 0 spiro atoms. The van der Waals surface area contributed by atoms with Crippen molar-refractivity contribution in [2.24, 2.45) is 0 Å². The van der Waals surface area contributed by atoms with E-state index in [0.717, 1.165) is 27.6 Å². The minimum Gasteiger partial charge on any atom is -0.486 e. The lowest BCUT2D eigenvalue weighted by molar-refractivity contribution is 0.112. The average Bonchev–Trinajstić information content (AvgIpc) is 2.48. The number of carbonyl (C=O) groups is 1. The van der Waals surface area contributed by atoms with Crippen molar-refractivity contribution in [2.45, 2.75) is 9.79 Å². The quantitative estimate of drug-likeness (QED) is 0.802. The van der Waals surface area contributed by atoms with Gasteiger partial charge < -0.3 is 9.47 Å². The monoisotopic (exact) mass is 272 g/mol. The first-order chi connectivity index (χ1) is 9.35. The fourth-order valence-corrected chi connectivity index (χ4v) is 2.68. The fraction of sp³-hybridized carbons (Fsp3) is 0.133. The van der Waals surface area contributed by atoms with E-state index in [1.165, 1.54) is 0 Å². The van der Waals surface area contributed by atoms with Crippen LogP contribution in [0.25, 0.3) is 0 Å². The normalized spacial score (nSPS) is 13.1. The Labute approximate surface area is 115 Å². The van der Waals surface area contributed by atoms with Gasteiger partial charge in [0.15, 0.2) is 11.5 Å². The third kappa shape index (κ3) is 2.74. The van der Waals surface area contributed by atoms with Crippen LogP contribution in [0.2, 0.25) is 0 Å². The summed E-state index contributed by atoms with van der Waals surface area (Å²) < 4.78 is 11.0. The van der Waals surface area contributed by atoms with Gasteiger partial charge in [0.25, 0.3) is 0 Å². The van der Waals surface area contributed by atoms with Gasteiger partial charge in [0.1, 0.15) is 19.5 Å². The maximum atomic E-state index is 10.6. The molecule has 96 valence electrons. The molecule has 0 saturated heterocycles. The summed E-state index contributed by atoms with van der Waals surface area (Å²) in [5.74, 6) is 1.59. The molecule has 0 saturated carbocycles. The van der Waals surface area contributed by atoms with Crippen LogP contribution in [0.3, 0.4) is 0 Å². The summed E-state index contributed by atoms with van der Waals surface area (Å²) >= 11 is 1.63. The predicted octanol–water partition coefficient (Wildman–Crippen LogP) is 3.42. The third-order valence-corrected chi connectivity index (χ3v) is 3.76. The Morgan fingerprint density at radius 2 is 1.58 bits per heavy atom. The highest BCUT2D eigenvalue weighted by atomic mass is 32.2. The zero-order chi connectivity index (χ0) is 13.1. The standard InChI is InChI=1S/C15H12O3S/c16-10-11-1-3-12(4-2-11)19-13-5-6-14-15(9-13)18-8-7-17-14/h1-6,9-10H,7-8H2. The second-order valence-electron chi connectivity index (χ2n) is 4.09. The Balaban J connectivity index is 1.80. The molecular weight excluding hydrogens is 260 g/mol. The summed E-state index contributed by atoms with van der Waals surface area (Å²) in [5, 5.41) is 0. The Morgan fingerprint density at radius 3 is 2.32 bits per heavy atom. The van der Waals surface area contributed by atoms with Gasteiger partial charge in [0, 0.05) is 15.4 Å². The molecule has 3 nitrogen and oxygen atoms in total. The molecule has 19 heavy (non-hydrogen) atoms. The molecule has 2 aromatic carbocycles. The zero-order valence-electron chi connectivity index (χ0n) is 10.2. The number of hydrogen-bond acceptors (Lipinski definition) is 4. The van der Waals surface area contributed by atoms with E-state index in [1.54, 1.807) is 11.8 Å². The van der Waals surface area contributed by atoms with Crippen LogP contribution in [-0.2, 0) is 0 Å². The molecule has 0 fully saturated rings. The van der Waals surface area contributed by atoms with Crippen LogP contribution in [0.1, 0.15) is 10.4 Å². The molecule has 0 bridgehead atoms. The van der Waals surface area contributed by atoms with Gasteiger partial charge in [-0.25, -0.2) is 0 Å². The molecule has 0 aromatic heterocycles. The summed E-state index contributed by atoms with van der Waals surface area (Å²) in [6.07, 6.45) is 0.846. The van der Waals surface area contributed by atoms with Crippen LogP contribution in [-0.4, -0.2) is 19.5 Å². The van der Waals surface area contributed by atoms with Crippen molar-refractivity contribution in [2.75, 3.05) is 13.2 Å². The molecule has 0 atom stereocenters. The summed E-state index contributed by atoms with van der Waals surface area (Å²) in [7, 11) is 0. The van der Waals surface area contributed by atoms with Crippen molar-refractivity contribution in [3.05, 3.63) is 48.0 Å². The van der Waals surface area contributed by atoms with Crippen molar-refractivity contribution in [1.29, 1.82) is 0 Å². The number of aldehydes is 1. The lowest BCUT2D eigenvalue weighted by Gasteiger charge is -2.18. The largest absolute Gasteiger partial charge is 0.486 e. The number of benzene rings is 2. The Bertz CT molecular complexity index is 593. The molecule has 0 aliphatic carbocycles. The lowest BCUT2D eigenvalue weighted by Crippen LogP contribution is -2.15. The fourth-order valence-electron chi connectivity index (χ4n) is 1.84. The topological polar surface area (TPSA) is 35.5 Å². The molecule has 1 heterocycles. The molecule has 1 aliphatic rings. The van der Waals surface area contributed by atoms with E-state index in [0.29, 0.717) is 18.8 Å². The lowest BCUT2D eigenvalue weighted by atomic mass is 10.2. The highest BCUT2D eigenvalue weighted by Gasteiger charge is 2.12. The van der Waals surface area contributed by atoms with Gasteiger partial charge in [-0.3, -0.25) is 4.79 Å². The number of fused-ring (bicyclic) bond motifs is 1. The van der Waals surface area contributed by atoms with Gasteiger partial charge in [-0.05, 0) is 30.3 Å². The van der Waals surface area contributed by atoms with Crippen LogP contribution in [0, 0.1) is 0 Å². The zero-order valence-corrected chi connectivity index (χ0v) is 11.0. The van der Waals surface area contributed by atoms with Gasteiger partial charge in [0.2, 0.25) is 0 Å². The minimum atomic E-state index is 0.592. The molecule has 3 rings (SSSR count). The van der Waals surface area contributed by atoms with E-state index >= 15 is 0 Å². The van der Waals surface area contributed by atoms with Crippen LogP contribution < -0.4 is 9.47 Å². The number of carbonyl (C=O) groups excluding carboxylic acids is 1. The van der Waals surface area contributed by atoms with E-state index in [9.17, 15) is 4.79 Å². The maximum Gasteiger partial charge on any atom is 0.162 e. The van der Waals surface area contributed by atoms with Crippen LogP contribution in [0.5, 0.6) is 11.5 Å². The van der Waals surface area contributed by atoms with Crippen molar-refractivity contribution in [1.82, 2.24) is 0 Å². The third-order valence-electron chi connectivity index (χ3n) is 2.77. The maximum absolute atomic E-state index is 10.6. The van der Waals surface area contributed by atoms with Crippen molar-refractivity contribution in [3.8, 4) is 11.5 Å². The predicted molar refractivity (Wildman–Crippen MR) is 73.4 cm³/mol. The minimum absolute atomic E-state index is 0.592. The van der Waals surface area contributed by atoms with Gasteiger partial charge in [0.05, 0.1) is 0 Å². The summed E-state index contributed by atoms with van der Waals surface area (Å²) in [6, 6.07) is 13.4. The van der Waals surface area contributed by atoms with Gasteiger partial charge in [-0.2, -0.15) is 0 Å². The molecule has 0 unspecified atom stereocenters. The van der Waals surface area contributed by atoms with Gasteiger partial charge >= 0.3 is 0 Å². The SMILES string of the molecule is O=Cc1ccc(Sc2ccc3c(c2)OCCO3)cc1. The van der Waals surface area contributed by atoms with Crippen molar-refractivity contribution >= 4 is 18.0 Å². The highest BCUT2D eigenvalue weighted by molar-refractivity contribution is 7.99. The second kappa shape index (κ2) is 5.36. The number of ether oxygens (including phenoxy) is 2. The summed E-state index contributed by atoms with van der Waals surface area (Å²) in [5.41, 5.74) is 0.687. The van der Waals surface area contributed by atoms with Gasteiger partial charge in [-0.15, -0.1) is 0 Å². The highest BCUT2D eigenvalue weighted by Crippen LogP contribution is 2.36. The molecule has 4 heteroatoms. The van der Waals surface area contributed by atoms with Crippen molar-refractivity contribution in [3.63, 3.8) is 0 Å². The first kappa shape index (κ1) is 12.1.